The Morgan fingerprint density at radius 2 is 2.07 bits per heavy atom. The monoisotopic (exact) mass is 192 g/mol. The minimum absolute atomic E-state index is 0.918. The highest BCUT2D eigenvalue weighted by Crippen LogP contribution is 2.06. The molecule has 1 N–H and O–H groups in total. The van der Waals surface area contributed by atoms with Gasteiger partial charge in [-0.15, -0.1) is 0 Å². The first-order valence-electron chi connectivity index (χ1n) is 4.85. The van der Waals surface area contributed by atoms with Gasteiger partial charge in [0.25, 0.3) is 0 Å². The van der Waals surface area contributed by atoms with Crippen LogP contribution in [0.25, 0.3) is 0 Å². The van der Waals surface area contributed by atoms with Crippen LogP contribution in [0.1, 0.15) is 27.2 Å². The molecule has 2 heteroatoms. The highest BCUT2D eigenvalue weighted by molar-refractivity contribution is 5.81. The summed E-state index contributed by atoms with van der Waals surface area (Å²) < 4.78 is 0. The van der Waals surface area contributed by atoms with Gasteiger partial charge in [0.1, 0.15) is 0 Å². The lowest BCUT2D eigenvalue weighted by molar-refractivity contribution is 1.01. The minimum atomic E-state index is 0.918. The summed E-state index contributed by atoms with van der Waals surface area (Å²) in [4.78, 5) is 4.06. The van der Waals surface area contributed by atoms with Crippen LogP contribution in [0, 0.1) is 0 Å². The number of hydrogen-bond donors (Lipinski definition) is 1. The van der Waals surface area contributed by atoms with E-state index in [0.29, 0.717) is 0 Å². The molecule has 78 valence electrons. The van der Waals surface area contributed by atoms with Gasteiger partial charge in [0.2, 0.25) is 0 Å². The van der Waals surface area contributed by atoms with Gasteiger partial charge >= 0.3 is 0 Å². The summed E-state index contributed by atoms with van der Waals surface area (Å²) in [6.07, 6.45) is 6.73. The van der Waals surface area contributed by atoms with Crippen LogP contribution in [0.5, 0.6) is 0 Å². The second kappa shape index (κ2) is 7.13. The first kappa shape index (κ1) is 12.7. The van der Waals surface area contributed by atoms with E-state index >= 15 is 0 Å². The molecule has 0 unspecified atom stereocenters. The third kappa shape index (κ3) is 4.65. The van der Waals surface area contributed by atoms with E-state index in [1.165, 1.54) is 5.57 Å². The molecule has 0 bridgehead atoms. The summed E-state index contributed by atoms with van der Waals surface area (Å²) in [6.45, 7) is 9.84. The average molecular weight is 192 g/mol. The lowest BCUT2D eigenvalue weighted by Gasteiger charge is -2.09. The molecule has 0 saturated heterocycles. The Kier molecular flexibility index (Phi) is 6.46. The fraction of sp³-hybridized carbons (Fsp3) is 0.417. The van der Waals surface area contributed by atoms with Crippen LogP contribution in [-0.2, 0) is 0 Å². The molecule has 0 amide bonds. The van der Waals surface area contributed by atoms with Crippen LogP contribution in [0.4, 0.5) is 0 Å². The summed E-state index contributed by atoms with van der Waals surface area (Å²) >= 11 is 0. The van der Waals surface area contributed by atoms with Gasteiger partial charge in [0.05, 0.1) is 5.84 Å². The molecule has 0 aliphatic carbocycles. The first-order chi connectivity index (χ1) is 6.65. The largest absolute Gasteiger partial charge is 0.344 e. The smallest absolute Gasteiger partial charge is 0.0972 e. The van der Waals surface area contributed by atoms with Gasteiger partial charge in [-0.25, -0.2) is 0 Å². The van der Waals surface area contributed by atoms with Crippen molar-refractivity contribution in [2.45, 2.75) is 27.2 Å². The van der Waals surface area contributed by atoms with Gasteiger partial charge in [-0.3, -0.25) is 4.99 Å². The summed E-state index contributed by atoms with van der Waals surface area (Å²) in [7, 11) is 1.78. The number of rotatable bonds is 4. The van der Waals surface area contributed by atoms with E-state index in [1.807, 2.05) is 19.1 Å². The van der Waals surface area contributed by atoms with Crippen LogP contribution < -0.4 is 5.32 Å². The number of hydrogen-bond acceptors (Lipinski definition) is 1. The molecule has 0 aliphatic heterocycles. The zero-order valence-electron chi connectivity index (χ0n) is 9.59. The first-order valence-corrected chi connectivity index (χ1v) is 4.85. The third-order valence-corrected chi connectivity index (χ3v) is 2.04. The van der Waals surface area contributed by atoms with Crippen LogP contribution in [0.15, 0.2) is 41.1 Å². The molecule has 0 radical (unpaired) electrons. The predicted molar refractivity (Wildman–Crippen MR) is 64.5 cm³/mol. The summed E-state index contributed by atoms with van der Waals surface area (Å²) in [5, 5.41) is 3.25. The van der Waals surface area contributed by atoms with Gasteiger partial charge < -0.3 is 5.32 Å². The van der Waals surface area contributed by atoms with Crippen LogP contribution in [0.3, 0.4) is 0 Å². The zero-order chi connectivity index (χ0) is 11.0. The van der Waals surface area contributed by atoms with E-state index in [4.69, 9.17) is 0 Å². The molecule has 0 aliphatic rings. The van der Waals surface area contributed by atoms with E-state index in [1.54, 1.807) is 13.1 Å². The molecule has 0 aromatic heterocycles. The minimum Gasteiger partial charge on any atom is -0.344 e. The third-order valence-electron chi connectivity index (χ3n) is 2.04. The maximum atomic E-state index is 4.06. The van der Waals surface area contributed by atoms with E-state index < -0.39 is 0 Å². The Bertz CT molecular complexity index is 270. The topological polar surface area (TPSA) is 24.4 Å². The number of aliphatic imine (C=N–C) groups is 1. The van der Waals surface area contributed by atoms with Crippen molar-refractivity contribution >= 4 is 5.84 Å². The number of nitrogens with one attached hydrogen (secondary N) is 1. The van der Waals surface area contributed by atoms with Crippen LogP contribution in [-0.4, -0.2) is 12.9 Å². The molecular formula is C12H20N2. The van der Waals surface area contributed by atoms with Gasteiger partial charge in [-0.1, -0.05) is 31.2 Å². The fourth-order valence-corrected chi connectivity index (χ4v) is 0.896. The summed E-state index contributed by atoms with van der Waals surface area (Å²) in [5.74, 6) is 0.918. The summed E-state index contributed by atoms with van der Waals surface area (Å²) in [5.41, 5.74) is 2.42. The van der Waals surface area contributed by atoms with Crippen molar-refractivity contribution < 1.29 is 0 Å². The maximum absolute atomic E-state index is 4.06. The number of allylic oxidation sites excluding steroid dienone is 4. The average Bonchev–Trinajstić information content (AvgIpc) is 2.22. The molecule has 14 heavy (non-hydrogen) atoms. The molecule has 0 atom stereocenters. The molecule has 0 aromatic rings. The highest BCUT2D eigenvalue weighted by atomic mass is 15.0. The molecule has 0 heterocycles. The Balaban J connectivity index is 4.74. The van der Waals surface area contributed by atoms with E-state index in [2.05, 4.69) is 30.7 Å². The second-order valence-corrected chi connectivity index (χ2v) is 3.08. The molecule has 0 spiro atoms. The van der Waals surface area contributed by atoms with Gasteiger partial charge in [0, 0.05) is 12.7 Å². The van der Waals surface area contributed by atoms with Crippen LogP contribution in [0.2, 0.25) is 0 Å². The standard InChI is InChI=1S/C12H20N2/c1-6-8-9-12(10(3)7-2)14-11(4)13-5/h6,8-9H,1,7H2,2-5H3,(H,13,14)/b9-8-,12-10+. The van der Waals surface area contributed by atoms with Crippen molar-refractivity contribution in [3.63, 3.8) is 0 Å². The Morgan fingerprint density at radius 3 is 2.50 bits per heavy atom. The van der Waals surface area contributed by atoms with E-state index in [-0.39, 0.29) is 0 Å². The molecule has 0 fully saturated rings. The molecule has 2 nitrogen and oxygen atoms in total. The van der Waals surface area contributed by atoms with Crippen molar-refractivity contribution in [1.29, 1.82) is 0 Å². The molecule has 0 aromatic carbocycles. The number of amidine groups is 1. The molecule has 0 rings (SSSR count). The van der Waals surface area contributed by atoms with Crippen molar-refractivity contribution in [3.8, 4) is 0 Å². The Morgan fingerprint density at radius 1 is 1.43 bits per heavy atom. The van der Waals surface area contributed by atoms with Crippen molar-refractivity contribution in [1.82, 2.24) is 5.32 Å². The lowest BCUT2D eigenvalue weighted by atomic mass is 10.1. The molecule has 0 saturated carbocycles. The van der Waals surface area contributed by atoms with Crippen molar-refractivity contribution in [2.24, 2.45) is 4.99 Å². The Hall–Kier alpha value is -1.31. The van der Waals surface area contributed by atoms with Gasteiger partial charge in [-0.05, 0) is 26.3 Å². The summed E-state index contributed by atoms with van der Waals surface area (Å²) in [6, 6.07) is 0. The zero-order valence-corrected chi connectivity index (χ0v) is 9.59. The fourth-order valence-electron chi connectivity index (χ4n) is 0.896. The quantitative estimate of drug-likeness (QED) is 0.413. The second-order valence-electron chi connectivity index (χ2n) is 3.08. The van der Waals surface area contributed by atoms with Crippen molar-refractivity contribution in [3.05, 3.63) is 36.1 Å². The normalized spacial score (nSPS) is 14.1. The Labute approximate surface area is 87.1 Å². The predicted octanol–water partition coefficient (Wildman–Crippen LogP) is 3.05. The van der Waals surface area contributed by atoms with Crippen LogP contribution >= 0.6 is 0 Å². The SMILES string of the molecule is C=C/C=C\C(NC(C)=NC)=C(\C)CC. The maximum Gasteiger partial charge on any atom is 0.0972 e. The van der Waals surface area contributed by atoms with Crippen molar-refractivity contribution in [2.75, 3.05) is 7.05 Å². The number of nitrogens with zero attached hydrogens (tertiary/aromatic N) is 1. The van der Waals surface area contributed by atoms with E-state index in [9.17, 15) is 0 Å². The van der Waals surface area contributed by atoms with E-state index in [0.717, 1.165) is 18.0 Å². The van der Waals surface area contributed by atoms with Gasteiger partial charge in [-0.2, -0.15) is 0 Å². The highest BCUT2D eigenvalue weighted by Gasteiger charge is 1.97. The molecular weight excluding hydrogens is 172 g/mol. The lowest BCUT2D eigenvalue weighted by Crippen LogP contribution is -2.19. The van der Waals surface area contributed by atoms with Gasteiger partial charge in [0.15, 0.2) is 0 Å².